The van der Waals surface area contributed by atoms with Crippen molar-refractivity contribution in [2.75, 3.05) is 13.1 Å². The fourth-order valence-electron chi connectivity index (χ4n) is 1.52. The van der Waals surface area contributed by atoms with Gasteiger partial charge in [0.05, 0.1) is 0 Å². The maximum Gasteiger partial charge on any atom is 0.407 e. The van der Waals surface area contributed by atoms with Crippen molar-refractivity contribution in [3.05, 3.63) is 29.0 Å². The molecule has 5 heteroatoms. The van der Waals surface area contributed by atoms with Crippen LogP contribution >= 0.6 is 11.6 Å². The molecule has 4 nitrogen and oxygen atoms in total. The molecule has 1 aliphatic rings. The Morgan fingerprint density at radius 2 is 2.36 bits per heavy atom. The number of amides is 1. The number of aromatic nitrogens is 1. The molecule has 1 fully saturated rings. The number of carboxylic acid groups (broad SMARTS) is 1. The second-order valence-electron chi connectivity index (χ2n) is 3.30. The summed E-state index contributed by atoms with van der Waals surface area (Å²) in [6, 6.07) is 3.65. The predicted octanol–water partition coefficient (Wildman–Crippen LogP) is 1.81. The number of carbonyl (C=O) groups is 1. The highest BCUT2D eigenvalue weighted by molar-refractivity contribution is 6.29. The summed E-state index contributed by atoms with van der Waals surface area (Å²) in [5, 5.41) is 9.09. The smallest absolute Gasteiger partial charge is 0.407 e. The highest BCUT2D eigenvalue weighted by atomic mass is 35.5. The third-order valence-corrected chi connectivity index (χ3v) is 2.58. The van der Waals surface area contributed by atoms with Gasteiger partial charge in [-0.05, 0) is 17.7 Å². The van der Waals surface area contributed by atoms with Gasteiger partial charge in [-0.1, -0.05) is 11.6 Å². The highest BCUT2D eigenvalue weighted by Crippen LogP contribution is 2.27. The molecule has 1 N–H and O–H groups in total. The van der Waals surface area contributed by atoms with E-state index in [4.69, 9.17) is 16.7 Å². The van der Waals surface area contributed by atoms with Crippen molar-refractivity contribution >= 4 is 17.7 Å². The van der Waals surface area contributed by atoms with Gasteiger partial charge in [-0.25, -0.2) is 9.78 Å². The molecule has 1 aromatic rings. The van der Waals surface area contributed by atoms with Crippen molar-refractivity contribution in [2.45, 2.75) is 5.92 Å². The van der Waals surface area contributed by atoms with Crippen molar-refractivity contribution in [3.63, 3.8) is 0 Å². The zero-order valence-electron chi connectivity index (χ0n) is 7.35. The zero-order chi connectivity index (χ0) is 10.1. The first-order valence-electron chi connectivity index (χ1n) is 4.26. The summed E-state index contributed by atoms with van der Waals surface area (Å²) in [5.41, 5.74) is 1.06. The van der Waals surface area contributed by atoms with Gasteiger partial charge in [-0.3, -0.25) is 0 Å². The monoisotopic (exact) mass is 212 g/mol. The SMILES string of the molecule is O=C(O)N1CC(c2ccnc(Cl)c2)C1. The molecule has 1 aromatic heterocycles. The number of hydrogen-bond acceptors (Lipinski definition) is 2. The molecule has 2 rings (SSSR count). The van der Waals surface area contributed by atoms with E-state index in [-0.39, 0.29) is 5.92 Å². The van der Waals surface area contributed by atoms with Crippen molar-refractivity contribution in [1.82, 2.24) is 9.88 Å². The summed E-state index contributed by atoms with van der Waals surface area (Å²) >= 11 is 5.73. The van der Waals surface area contributed by atoms with Crippen molar-refractivity contribution in [3.8, 4) is 0 Å². The van der Waals surface area contributed by atoms with Gasteiger partial charge in [0, 0.05) is 25.2 Å². The quantitative estimate of drug-likeness (QED) is 0.723. The lowest BCUT2D eigenvalue weighted by atomic mass is 9.93. The Kier molecular flexibility index (Phi) is 2.29. The van der Waals surface area contributed by atoms with Crippen LogP contribution in [0.15, 0.2) is 18.3 Å². The molecule has 2 heterocycles. The van der Waals surface area contributed by atoms with E-state index in [0.29, 0.717) is 18.2 Å². The Balaban J connectivity index is 2.03. The minimum absolute atomic E-state index is 0.270. The zero-order valence-corrected chi connectivity index (χ0v) is 8.11. The topological polar surface area (TPSA) is 53.4 Å². The van der Waals surface area contributed by atoms with Gasteiger partial charge < -0.3 is 10.0 Å². The Labute approximate surface area is 86.1 Å². The molecule has 74 valence electrons. The molecular formula is C9H9ClN2O2. The molecular weight excluding hydrogens is 204 g/mol. The van der Waals surface area contributed by atoms with Crippen LogP contribution in [0, 0.1) is 0 Å². The fourth-order valence-corrected chi connectivity index (χ4v) is 1.70. The maximum atomic E-state index is 10.5. The summed E-state index contributed by atoms with van der Waals surface area (Å²) in [7, 11) is 0. The number of likely N-dealkylation sites (tertiary alicyclic amines) is 1. The van der Waals surface area contributed by atoms with Crippen molar-refractivity contribution < 1.29 is 9.90 Å². The minimum Gasteiger partial charge on any atom is -0.465 e. The molecule has 0 saturated carbocycles. The molecule has 0 aliphatic carbocycles. The third-order valence-electron chi connectivity index (χ3n) is 2.37. The lowest BCUT2D eigenvalue weighted by molar-refractivity contribution is 0.105. The van der Waals surface area contributed by atoms with Gasteiger partial charge in [-0.15, -0.1) is 0 Å². The van der Waals surface area contributed by atoms with Gasteiger partial charge in [-0.2, -0.15) is 0 Å². The normalized spacial score (nSPS) is 16.5. The summed E-state index contributed by atoms with van der Waals surface area (Å²) < 4.78 is 0. The van der Waals surface area contributed by atoms with Gasteiger partial charge in [0.1, 0.15) is 5.15 Å². The average Bonchev–Trinajstić information content (AvgIpc) is 2.00. The van der Waals surface area contributed by atoms with E-state index in [0.717, 1.165) is 5.56 Å². The molecule has 0 radical (unpaired) electrons. The first-order chi connectivity index (χ1) is 6.66. The van der Waals surface area contributed by atoms with Crippen LogP contribution in [-0.2, 0) is 0 Å². The Morgan fingerprint density at radius 1 is 1.64 bits per heavy atom. The number of rotatable bonds is 1. The van der Waals surface area contributed by atoms with E-state index < -0.39 is 6.09 Å². The molecule has 0 atom stereocenters. The lowest BCUT2D eigenvalue weighted by Crippen LogP contribution is -2.47. The fraction of sp³-hybridized carbons (Fsp3) is 0.333. The van der Waals surface area contributed by atoms with E-state index in [1.807, 2.05) is 6.07 Å². The van der Waals surface area contributed by atoms with Gasteiger partial charge >= 0.3 is 6.09 Å². The van der Waals surface area contributed by atoms with E-state index in [1.165, 1.54) is 4.90 Å². The van der Waals surface area contributed by atoms with E-state index in [2.05, 4.69) is 4.98 Å². The minimum atomic E-state index is -0.860. The molecule has 1 aliphatic heterocycles. The Hall–Kier alpha value is -1.29. The molecule has 14 heavy (non-hydrogen) atoms. The standard InChI is InChI=1S/C9H9ClN2O2/c10-8-3-6(1-2-11-8)7-4-12(5-7)9(13)14/h1-3,7H,4-5H2,(H,13,14). The third kappa shape index (κ3) is 1.65. The largest absolute Gasteiger partial charge is 0.465 e. The van der Waals surface area contributed by atoms with Crippen LogP contribution in [0.5, 0.6) is 0 Å². The first kappa shape index (κ1) is 9.27. The van der Waals surface area contributed by atoms with Gasteiger partial charge in [0.25, 0.3) is 0 Å². The van der Waals surface area contributed by atoms with Crippen LogP contribution in [0.25, 0.3) is 0 Å². The van der Waals surface area contributed by atoms with Crippen LogP contribution < -0.4 is 0 Å². The van der Waals surface area contributed by atoms with Crippen molar-refractivity contribution in [1.29, 1.82) is 0 Å². The Morgan fingerprint density at radius 3 is 2.93 bits per heavy atom. The maximum absolute atomic E-state index is 10.5. The van der Waals surface area contributed by atoms with Gasteiger partial charge in [0.15, 0.2) is 0 Å². The lowest BCUT2D eigenvalue weighted by Gasteiger charge is -2.37. The Bertz CT molecular complexity index is 364. The number of halogens is 1. The summed E-state index contributed by atoms with van der Waals surface area (Å²) in [5.74, 6) is 0.270. The molecule has 1 saturated heterocycles. The van der Waals surface area contributed by atoms with Crippen LogP contribution in [0.1, 0.15) is 11.5 Å². The second kappa shape index (κ2) is 3.46. The van der Waals surface area contributed by atoms with Crippen LogP contribution in [0.4, 0.5) is 4.79 Å². The predicted molar refractivity (Wildman–Crippen MR) is 51.6 cm³/mol. The highest BCUT2D eigenvalue weighted by Gasteiger charge is 2.31. The summed E-state index contributed by atoms with van der Waals surface area (Å²) in [6.45, 7) is 1.10. The molecule has 1 amide bonds. The van der Waals surface area contributed by atoms with Crippen molar-refractivity contribution in [2.24, 2.45) is 0 Å². The van der Waals surface area contributed by atoms with E-state index in [1.54, 1.807) is 12.3 Å². The van der Waals surface area contributed by atoms with E-state index >= 15 is 0 Å². The van der Waals surface area contributed by atoms with Crippen LogP contribution in [-0.4, -0.2) is 34.2 Å². The molecule has 0 unspecified atom stereocenters. The number of pyridine rings is 1. The average molecular weight is 213 g/mol. The first-order valence-corrected chi connectivity index (χ1v) is 4.64. The second-order valence-corrected chi connectivity index (χ2v) is 3.68. The number of nitrogens with zero attached hydrogens (tertiary/aromatic N) is 2. The van der Waals surface area contributed by atoms with Gasteiger partial charge in [0.2, 0.25) is 0 Å². The molecule has 0 spiro atoms. The summed E-state index contributed by atoms with van der Waals surface area (Å²) in [6.07, 6.45) is 0.780. The van der Waals surface area contributed by atoms with E-state index in [9.17, 15) is 4.79 Å². The number of hydrogen-bond donors (Lipinski definition) is 1. The molecule has 0 bridgehead atoms. The summed E-state index contributed by atoms with van der Waals surface area (Å²) in [4.78, 5) is 15.8. The molecule has 0 aromatic carbocycles. The van der Waals surface area contributed by atoms with Crippen LogP contribution in [0.3, 0.4) is 0 Å². The van der Waals surface area contributed by atoms with Crippen LogP contribution in [0.2, 0.25) is 5.15 Å².